The van der Waals surface area contributed by atoms with Crippen LogP contribution in [0, 0.1) is 0 Å². The average Bonchev–Trinajstić information content (AvgIpc) is 3.19. The molecular formula is C15H25N5O2. The normalized spacial score (nSPS) is 26.5. The molecule has 0 radical (unpaired) electrons. The Balaban J connectivity index is 1.38. The minimum absolute atomic E-state index is 0.176. The summed E-state index contributed by atoms with van der Waals surface area (Å²) < 4.78 is 1.76. The highest BCUT2D eigenvalue weighted by atomic mass is 16.3. The molecule has 7 heteroatoms. The van der Waals surface area contributed by atoms with Crippen molar-refractivity contribution in [2.45, 2.75) is 50.8 Å². The van der Waals surface area contributed by atoms with Gasteiger partial charge in [-0.3, -0.25) is 14.4 Å². The van der Waals surface area contributed by atoms with Crippen LogP contribution in [-0.2, 0) is 11.3 Å². The molecule has 0 bridgehead atoms. The van der Waals surface area contributed by atoms with Gasteiger partial charge in [-0.15, -0.1) is 0 Å². The van der Waals surface area contributed by atoms with Crippen molar-refractivity contribution in [1.29, 1.82) is 0 Å². The first kappa shape index (κ1) is 15.4. The molecule has 2 unspecified atom stereocenters. The Labute approximate surface area is 130 Å². The molecule has 1 aromatic heterocycles. The smallest absolute Gasteiger partial charge is 0.222 e. The first-order valence-electron chi connectivity index (χ1n) is 8.26. The third-order valence-electron chi connectivity index (χ3n) is 4.82. The molecule has 1 aliphatic heterocycles. The first-order chi connectivity index (χ1) is 10.7. The maximum Gasteiger partial charge on any atom is 0.222 e. The average molecular weight is 307 g/mol. The van der Waals surface area contributed by atoms with Gasteiger partial charge in [0.2, 0.25) is 5.91 Å². The highest BCUT2D eigenvalue weighted by molar-refractivity contribution is 5.76. The fourth-order valence-corrected chi connectivity index (χ4v) is 3.55. The van der Waals surface area contributed by atoms with E-state index in [2.05, 4.69) is 15.0 Å². The van der Waals surface area contributed by atoms with Crippen molar-refractivity contribution in [3.63, 3.8) is 0 Å². The van der Waals surface area contributed by atoms with Gasteiger partial charge < -0.3 is 10.0 Å². The van der Waals surface area contributed by atoms with Gasteiger partial charge in [0.1, 0.15) is 12.7 Å². The lowest BCUT2D eigenvalue weighted by atomic mass is 10.1. The molecule has 1 N–H and O–H groups in total. The molecule has 1 saturated carbocycles. The predicted octanol–water partition coefficient (Wildman–Crippen LogP) is 0.116. The van der Waals surface area contributed by atoms with Gasteiger partial charge in [-0.05, 0) is 25.7 Å². The second-order valence-electron chi connectivity index (χ2n) is 6.24. The lowest BCUT2D eigenvalue weighted by molar-refractivity contribution is -0.133. The Morgan fingerprint density at radius 1 is 1.23 bits per heavy atom. The van der Waals surface area contributed by atoms with Crippen LogP contribution >= 0.6 is 0 Å². The summed E-state index contributed by atoms with van der Waals surface area (Å²) in [6.07, 6.45) is 7.50. The largest absolute Gasteiger partial charge is 0.391 e. The summed E-state index contributed by atoms with van der Waals surface area (Å²) in [6.45, 7) is 4.07. The Kier molecular flexibility index (Phi) is 5.04. The van der Waals surface area contributed by atoms with Crippen molar-refractivity contribution in [1.82, 2.24) is 24.6 Å². The third-order valence-corrected chi connectivity index (χ3v) is 4.82. The van der Waals surface area contributed by atoms with Crippen LogP contribution in [0.15, 0.2) is 12.7 Å². The number of hydrogen-bond donors (Lipinski definition) is 1. The molecule has 3 rings (SSSR count). The number of amides is 1. The van der Waals surface area contributed by atoms with E-state index < -0.39 is 0 Å². The summed E-state index contributed by atoms with van der Waals surface area (Å²) in [5, 5.41) is 14.0. The number of hydrogen-bond acceptors (Lipinski definition) is 5. The SMILES string of the molecule is O=C(CCCn1cncn1)N1CCN(C2CCCC2O)CC1. The highest BCUT2D eigenvalue weighted by Crippen LogP contribution is 2.25. The minimum Gasteiger partial charge on any atom is -0.391 e. The lowest BCUT2D eigenvalue weighted by Crippen LogP contribution is -2.53. The van der Waals surface area contributed by atoms with Crippen LogP contribution in [0.5, 0.6) is 0 Å². The van der Waals surface area contributed by atoms with Crippen LogP contribution in [0.4, 0.5) is 0 Å². The Morgan fingerprint density at radius 3 is 2.68 bits per heavy atom. The molecule has 2 aliphatic rings. The molecule has 22 heavy (non-hydrogen) atoms. The number of aliphatic hydroxyl groups is 1. The summed E-state index contributed by atoms with van der Waals surface area (Å²) >= 11 is 0. The number of piperazine rings is 1. The summed E-state index contributed by atoms with van der Waals surface area (Å²) in [4.78, 5) is 20.4. The number of aryl methyl sites for hydroxylation is 1. The van der Waals surface area contributed by atoms with E-state index in [1.54, 1.807) is 11.0 Å². The number of nitrogens with zero attached hydrogens (tertiary/aromatic N) is 5. The Morgan fingerprint density at radius 2 is 2.05 bits per heavy atom. The van der Waals surface area contributed by atoms with E-state index in [4.69, 9.17) is 0 Å². The van der Waals surface area contributed by atoms with Gasteiger partial charge >= 0.3 is 0 Å². The third kappa shape index (κ3) is 3.64. The van der Waals surface area contributed by atoms with Crippen molar-refractivity contribution < 1.29 is 9.90 Å². The van der Waals surface area contributed by atoms with Crippen molar-refractivity contribution in [3.05, 3.63) is 12.7 Å². The van der Waals surface area contributed by atoms with Crippen LogP contribution in [0.1, 0.15) is 32.1 Å². The molecule has 0 spiro atoms. The van der Waals surface area contributed by atoms with E-state index in [1.165, 1.54) is 6.33 Å². The Bertz CT molecular complexity index is 470. The standard InChI is InChI=1S/C15H25N5O2/c21-14-4-1-3-13(14)18-7-9-19(10-8-18)15(22)5-2-6-20-12-16-11-17-20/h11-14,21H,1-10H2. The molecule has 122 valence electrons. The molecule has 0 aromatic carbocycles. The van der Waals surface area contributed by atoms with Gasteiger partial charge in [-0.1, -0.05) is 0 Å². The Hall–Kier alpha value is -1.47. The second kappa shape index (κ2) is 7.19. The minimum atomic E-state index is -0.176. The van der Waals surface area contributed by atoms with E-state index in [9.17, 15) is 9.90 Å². The molecular weight excluding hydrogens is 282 g/mol. The zero-order chi connectivity index (χ0) is 15.4. The van der Waals surface area contributed by atoms with Gasteiger partial charge in [-0.2, -0.15) is 5.10 Å². The topological polar surface area (TPSA) is 74.5 Å². The maximum absolute atomic E-state index is 12.2. The van der Waals surface area contributed by atoms with Crippen LogP contribution in [0.2, 0.25) is 0 Å². The molecule has 1 aromatic rings. The molecule has 2 fully saturated rings. The van der Waals surface area contributed by atoms with Crippen molar-refractivity contribution >= 4 is 5.91 Å². The van der Waals surface area contributed by atoms with E-state index in [0.717, 1.165) is 58.4 Å². The van der Waals surface area contributed by atoms with Crippen LogP contribution in [0.25, 0.3) is 0 Å². The predicted molar refractivity (Wildman–Crippen MR) is 81.1 cm³/mol. The quantitative estimate of drug-likeness (QED) is 0.836. The van der Waals surface area contributed by atoms with Crippen LogP contribution < -0.4 is 0 Å². The van der Waals surface area contributed by atoms with Crippen molar-refractivity contribution in [2.24, 2.45) is 0 Å². The van der Waals surface area contributed by atoms with Gasteiger partial charge in [0.05, 0.1) is 6.10 Å². The first-order valence-corrected chi connectivity index (χ1v) is 8.26. The van der Waals surface area contributed by atoms with Gasteiger partial charge in [-0.25, -0.2) is 4.98 Å². The maximum atomic E-state index is 12.2. The summed E-state index contributed by atoms with van der Waals surface area (Å²) in [5.41, 5.74) is 0. The van der Waals surface area contributed by atoms with E-state index in [-0.39, 0.29) is 12.0 Å². The molecule has 7 nitrogen and oxygen atoms in total. The fraction of sp³-hybridized carbons (Fsp3) is 0.800. The fourth-order valence-electron chi connectivity index (χ4n) is 3.55. The number of aromatic nitrogens is 3. The highest BCUT2D eigenvalue weighted by Gasteiger charge is 2.33. The second-order valence-corrected chi connectivity index (χ2v) is 6.24. The molecule has 2 atom stereocenters. The summed E-state index contributed by atoms with van der Waals surface area (Å²) in [5.74, 6) is 0.228. The summed E-state index contributed by atoms with van der Waals surface area (Å²) in [7, 11) is 0. The molecule has 2 heterocycles. The number of carbonyl (C=O) groups excluding carboxylic acids is 1. The van der Waals surface area contributed by atoms with E-state index in [1.807, 2.05) is 4.90 Å². The van der Waals surface area contributed by atoms with Gasteiger partial charge in [0.25, 0.3) is 0 Å². The summed E-state index contributed by atoms with van der Waals surface area (Å²) in [6, 6.07) is 0.310. The monoisotopic (exact) mass is 307 g/mol. The molecule has 1 aliphatic carbocycles. The number of aliphatic hydroxyl groups excluding tert-OH is 1. The van der Waals surface area contributed by atoms with Crippen molar-refractivity contribution in [2.75, 3.05) is 26.2 Å². The van der Waals surface area contributed by atoms with Gasteiger partial charge in [0.15, 0.2) is 0 Å². The number of carbonyl (C=O) groups is 1. The lowest BCUT2D eigenvalue weighted by Gasteiger charge is -2.39. The number of rotatable bonds is 5. The van der Waals surface area contributed by atoms with E-state index >= 15 is 0 Å². The zero-order valence-electron chi connectivity index (χ0n) is 13.0. The van der Waals surface area contributed by atoms with E-state index in [0.29, 0.717) is 12.5 Å². The van der Waals surface area contributed by atoms with Crippen LogP contribution in [0.3, 0.4) is 0 Å². The molecule has 1 amide bonds. The van der Waals surface area contributed by atoms with Gasteiger partial charge in [0, 0.05) is 45.2 Å². The van der Waals surface area contributed by atoms with Crippen molar-refractivity contribution in [3.8, 4) is 0 Å². The zero-order valence-corrected chi connectivity index (χ0v) is 13.0. The van der Waals surface area contributed by atoms with Crippen LogP contribution in [-0.4, -0.2) is 73.9 Å². The molecule has 1 saturated heterocycles.